The Bertz CT molecular complexity index is 677. The third-order valence-electron chi connectivity index (χ3n) is 2.38. The first-order chi connectivity index (χ1) is 8.78. The summed E-state index contributed by atoms with van der Waals surface area (Å²) in [7, 11) is 0. The fourth-order valence-corrected chi connectivity index (χ4v) is 3.31. The van der Waals surface area contributed by atoms with Crippen molar-refractivity contribution in [2.75, 3.05) is 0 Å². The molecule has 0 bridgehead atoms. The number of imidazole rings is 1. The monoisotopic (exact) mass is 297 g/mol. The minimum absolute atomic E-state index is 0.0478. The van der Waals surface area contributed by atoms with E-state index in [9.17, 15) is 5.11 Å². The zero-order chi connectivity index (χ0) is 12.5. The van der Waals surface area contributed by atoms with Gasteiger partial charge in [-0.25, -0.2) is 9.97 Å². The van der Waals surface area contributed by atoms with E-state index in [1.807, 2.05) is 22.0 Å². The standard InChI is InChI=1S/C11H8ClN3OS2/c12-7-1-2-9(13-5-7)18-10-8(6-16)15-3-4-17-11(15)14-10/h1-5,16H,6H2. The molecule has 0 radical (unpaired) electrons. The lowest BCUT2D eigenvalue weighted by Gasteiger charge is -2.00. The molecule has 3 rings (SSSR count). The van der Waals surface area contributed by atoms with E-state index in [4.69, 9.17) is 11.6 Å². The molecular weight excluding hydrogens is 290 g/mol. The first kappa shape index (κ1) is 12.0. The van der Waals surface area contributed by atoms with Gasteiger partial charge in [0.1, 0.15) is 10.1 Å². The van der Waals surface area contributed by atoms with Crippen LogP contribution < -0.4 is 0 Å². The molecular formula is C11H8ClN3OS2. The molecule has 7 heteroatoms. The Kier molecular flexibility index (Phi) is 3.25. The van der Waals surface area contributed by atoms with Gasteiger partial charge in [-0.1, -0.05) is 11.6 Å². The van der Waals surface area contributed by atoms with Gasteiger partial charge in [0.25, 0.3) is 0 Å². The van der Waals surface area contributed by atoms with Gasteiger partial charge < -0.3 is 5.11 Å². The maximum Gasteiger partial charge on any atom is 0.195 e. The van der Waals surface area contributed by atoms with E-state index in [0.29, 0.717) is 5.02 Å². The quantitative estimate of drug-likeness (QED) is 0.807. The zero-order valence-corrected chi connectivity index (χ0v) is 11.5. The van der Waals surface area contributed by atoms with E-state index in [1.54, 1.807) is 12.3 Å². The van der Waals surface area contributed by atoms with E-state index < -0.39 is 0 Å². The van der Waals surface area contributed by atoms with Crippen molar-refractivity contribution in [2.24, 2.45) is 0 Å². The molecule has 0 atom stereocenters. The molecule has 92 valence electrons. The summed E-state index contributed by atoms with van der Waals surface area (Å²) in [6, 6.07) is 3.62. The molecule has 18 heavy (non-hydrogen) atoms. The number of fused-ring (bicyclic) bond motifs is 1. The minimum Gasteiger partial charge on any atom is -0.390 e. The van der Waals surface area contributed by atoms with Crippen molar-refractivity contribution < 1.29 is 5.11 Å². The molecule has 0 amide bonds. The molecule has 0 aromatic carbocycles. The van der Waals surface area contributed by atoms with Crippen LogP contribution in [0.5, 0.6) is 0 Å². The van der Waals surface area contributed by atoms with Crippen molar-refractivity contribution >= 4 is 39.7 Å². The van der Waals surface area contributed by atoms with Crippen LogP contribution in [0.25, 0.3) is 4.96 Å². The van der Waals surface area contributed by atoms with Crippen LogP contribution in [0.15, 0.2) is 40.0 Å². The normalized spacial score (nSPS) is 11.2. The van der Waals surface area contributed by atoms with Gasteiger partial charge >= 0.3 is 0 Å². The van der Waals surface area contributed by atoms with Crippen LogP contribution in [0.2, 0.25) is 5.02 Å². The molecule has 3 aromatic heterocycles. The molecule has 0 spiro atoms. The minimum atomic E-state index is -0.0478. The molecule has 0 aliphatic carbocycles. The summed E-state index contributed by atoms with van der Waals surface area (Å²) in [6.45, 7) is -0.0478. The summed E-state index contributed by atoms with van der Waals surface area (Å²) >= 11 is 8.75. The van der Waals surface area contributed by atoms with Gasteiger partial charge in [-0.2, -0.15) is 0 Å². The number of aliphatic hydroxyl groups is 1. The van der Waals surface area contributed by atoms with Gasteiger partial charge in [-0.05, 0) is 23.9 Å². The maximum atomic E-state index is 9.43. The lowest BCUT2D eigenvalue weighted by Crippen LogP contribution is -1.91. The Morgan fingerprint density at radius 1 is 1.44 bits per heavy atom. The summed E-state index contributed by atoms with van der Waals surface area (Å²) in [5, 5.41) is 13.6. The second kappa shape index (κ2) is 4.89. The van der Waals surface area contributed by atoms with Crippen LogP contribution in [0.4, 0.5) is 0 Å². The van der Waals surface area contributed by atoms with Gasteiger partial charge in [0.2, 0.25) is 0 Å². The van der Waals surface area contributed by atoms with Crippen LogP contribution >= 0.6 is 34.7 Å². The van der Waals surface area contributed by atoms with Crippen LogP contribution in [0.1, 0.15) is 5.69 Å². The molecule has 0 saturated carbocycles. The smallest absolute Gasteiger partial charge is 0.195 e. The Labute approximate surface area is 116 Å². The SMILES string of the molecule is OCc1c(Sc2ccc(Cl)cn2)nc2sccn12. The average Bonchev–Trinajstić information content (AvgIpc) is 2.92. The van der Waals surface area contributed by atoms with Crippen LogP contribution in [0, 0.1) is 0 Å². The van der Waals surface area contributed by atoms with Crippen molar-refractivity contribution in [2.45, 2.75) is 16.7 Å². The van der Waals surface area contributed by atoms with Gasteiger partial charge in [-0.3, -0.25) is 4.40 Å². The number of aromatic nitrogens is 3. The van der Waals surface area contributed by atoms with Crippen molar-refractivity contribution in [3.05, 3.63) is 40.6 Å². The summed E-state index contributed by atoms with van der Waals surface area (Å²) in [4.78, 5) is 9.55. The first-order valence-corrected chi connectivity index (χ1v) is 7.20. The van der Waals surface area contributed by atoms with Gasteiger partial charge in [0.15, 0.2) is 4.96 Å². The highest BCUT2D eigenvalue weighted by Crippen LogP contribution is 2.31. The zero-order valence-electron chi connectivity index (χ0n) is 9.08. The molecule has 1 N–H and O–H groups in total. The fourth-order valence-electron chi connectivity index (χ4n) is 1.56. The second-order valence-corrected chi connectivity index (χ2v) is 5.81. The van der Waals surface area contributed by atoms with E-state index in [0.717, 1.165) is 20.7 Å². The molecule has 0 aliphatic heterocycles. The first-order valence-electron chi connectivity index (χ1n) is 5.12. The van der Waals surface area contributed by atoms with Gasteiger partial charge in [0, 0.05) is 17.8 Å². The van der Waals surface area contributed by atoms with E-state index in [2.05, 4.69) is 9.97 Å². The van der Waals surface area contributed by atoms with Crippen LogP contribution in [-0.4, -0.2) is 19.5 Å². The second-order valence-electron chi connectivity index (χ2n) is 3.49. The lowest BCUT2D eigenvalue weighted by atomic mass is 10.5. The average molecular weight is 298 g/mol. The van der Waals surface area contributed by atoms with Crippen molar-refractivity contribution in [1.29, 1.82) is 0 Å². The summed E-state index contributed by atoms with van der Waals surface area (Å²) in [5.41, 5.74) is 0.785. The third kappa shape index (κ3) is 2.12. The molecule has 0 fully saturated rings. The number of halogens is 1. The van der Waals surface area contributed by atoms with Crippen molar-refractivity contribution in [3.8, 4) is 0 Å². The number of hydrogen-bond acceptors (Lipinski definition) is 5. The number of rotatable bonds is 3. The summed E-state index contributed by atoms with van der Waals surface area (Å²) in [6.07, 6.45) is 3.50. The number of aliphatic hydroxyl groups excluding tert-OH is 1. The maximum absolute atomic E-state index is 9.43. The molecule has 0 unspecified atom stereocenters. The van der Waals surface area contributed by atoms with Crippen molar-refractivity contribution in [1.82, 2.24) is 14.4 Å². The van der Waals surface area contributed by atoms with Crippen LogP contribution in [0.3, 0.4) is 0 Å². The number of hydrogen-bond donors (Lipinski definition) is 1. The summed E-state index contributed by atoms with van der Waals surface area (Å²) in [5.74, 6) is 0. The van der Waals surface area contributed by atoms with E-state index >= 15 is 0 Å². The Balaban J connectivity index is 1.98. The highest BCUT2D eigenvalue weighted by atomic mass is 35.5. The third-order valence-corrected chi connectivity index (χ3v) is 4.33. The topological polar surface area (TPSA) is 50.4 Å². The van der Waals surface area contributed by atoms with E-state index in [1.165, 1.54) is 23.1 Å². The number of thiazole rings is 1. The van der Waals surface area contributed by atoms with Crippen LogP contribution in [-0.2, 0) is 6.61 Å². The highest BCUT2D eigenvalue weighted by Gasteiger charge is 2.13. The highest BCUT2D eigenvalue weighted by molar-refractivity contribution is 7.99. The fraction of sp³-hybridized carbons (Fsp3) is 0.0909. The predicted molar refractivity (Wildman–Crippen MR) is 72.4 cm³/mol. The number of nitrogens with zero attached hydrogens (tertiary/aromatic N) is 3. The summed E-state index contributed by atoms with van der Waals surface area (Å²) < 4.78 is 1.89. The lowest BCUT2D eigenvalue weighted by molar-refractivity contribution is 0.272. The predicted octanol–water partition coefficient (Wildman–Crippen LogP) is 3.09. The molecule has 0 aliphatic rings. The Morgan fingerprint density at radius 2 is 2.33 bits per heavy atom. The molecule has 4 nitrogen and oxygen atoms in total. The Morgan fingerprint density at radius 3 is 3.06 bits per heavy atom. The Hall–Kier alpha value is -1.08. The molecule has 3 aromatic rings. The molecule has 3 heterocycles. The van der Waals surface area contributed by atoms with E-state index in [-0.39, 0.29) is 6.61 Å². The molecule has 0 saturated heterocycles. The largest absolute Gasteiger partial charge is 0.390 e. The van der Waals surface area contributed by atoms with Gasteiger partial charge in [0.05, 0.1) is 17.3 Å². The van der Waals surface area contributed by atoms with Crippen molar-refractivity contribution in [3.63, 3.8) is 0 Å². The van der Waals surface area contributed by atoms with Gasteiger partial charge in [-0.15, -0.1) is 11.3 Å². The number of pyridine rings is 1.